The summed E-state index contributed by atoms with van der Waals surface area (Å²) in [6, 6.07) is 27.9. The Hall–Kier alpha value is -5.51. The lowest BCUT2D eigenvalue weighted by Crippen LogP contribution is -2.41. The fourth-order valence-electron chi connectivity index (χ4n) is 4.71. The predicted octanol–water partition coefficient (Wildman–Crippen LogP) is 3.23. The Bertz CT molecular complexity index is 1890. The van der Waals surface area contributed by atoms with Crippen LogP contribution < -0.4 is 11.2 Å². The molecule has 0 bridgehead atoms. The number of ether oxygens (including phenoxy) is 2. The molecule has 0 saturated heterocycles. The maximum atomic E-state index is 14.2. The van der Waals surface area contributed by atoms with Gasteiger partial charge < -0.3 is 14.0 Å². The lowest BCUT2D eigenvalue weighted by atomic mass is 10.2. The summed E-state index contributed by atoms with van der Waals surface area (Å²) in [5.41, 5.74) is 1.62. The van der Waals surface area contributed by atoms with Gasteiger partial charge in [-0.3, -0.25) is 18.7 Å². The monoisotopic (exact) mass is 564 g/mol. The first-order valence-electron chi connectivity index (χ1n) is 13.1. The Balaban J connectivity index is 1.83. The van der Waals surface area contributed by atoms with Crippen molar-refractivity contribution in [2.75, 3.05) is 14.2 Å². The van der Waals surface area contributed by atoms with Crippen molar-refractivity contribution < 1.29 is 19.1 Å². The van der Waals surface area contributed by atoms with E-state index in [0.717, 1.165) is 29.9 Å². The number of fused-ring (bicyclic) bond motifs is 1. The molecular weight excluding hydrogens is 536 g/mol. The van der Waals surface area contributed by atoms with Gasteiger partial charge in [0.25, 0.3) is 11.3 Å². The maximum absolute atomic E-state index is 14.2. The molecule has 42 heavy (non-hydrogen) atoms. The minimum atomic E-state index is -1.08. The smallest absolute Gasteiger partial charge is 0.378 e. The van der Waals surface area contributed by atoms with Crippen molar-refractivity contribution in [3.63, 3.8) is 0 Å². The van der Waals surface area contributed by atoms with Gasteiger partial charge in [0.15, 0.2) is 22.7 Å². The molecule has 0 aliphatic rings. The number of ketones is 1. The molecular formula is C32H28N4O6. The van der Waals surface area contributed by atoms with E-state index in [1.165, 1.54) is 16.2 Å². The summed E-state index contributed by atoms with van der Waals surface area (Å²) >= 11 is 0. The molecule has 2 aromatic heterocycles. The molecule has 0 N–H and O–H groups in total. The highest BCUT2D eigenvalue weighted by molar-refractivity contribution is 6.39. The molecule has 0 radical (unpaired) electrons. The highest BCUT2D eigenvalue weighted by atomic mass is 16.5. The molecule has 0 fully saturated rings. The molecule has 5 aromatic rings. The number of carbonyl (C=O) groups is 2. The van der Waals surface area contributed by atoms with Crippen LogP contribution in [0.1, 0.15) is 22.5 Å². The van der Waals surface area contributed by atoms with E-state index >= 15 is 0 Å². The van der Waals surface area contributed by atoms with Crippen LogP contribution in [0.15, 0.2) is 107 Å². The first-order valence-corrected chi connectivity index (χ1v) is 13.1. The number of benzene rings is 3. The van der Waals surface area contributed by atoms with E-state index in [4.69, 9.17) is 9.72 Å². The molecule has 0 aliphatic heterocycles. The topological polar surface area (TPSA) is 114 Å². The van der Waals surface area contributed by atoms with Crippen LogP contribution in [0.3, 0.4) is 0 Å². The molecule has 0 aliphatic carbocycles. The van der Waals surface area contributed by atoms with E-state index in [0.29, 0.717) is 0 Å². The fraction of sp³-hybridized carbons (Fsp3) is 0.156. The number of methoxy groups -OCH3 is 2. The zero-order chi connectivity index (χ0) is 29.6. The van der Waals surface area contributed by atoms with E-state index in [1.54, 1.807) is 4.57 Å². The van der Waals surface area contributed by atoms with Gasteiger partial charge in [-0.25, -0.2) is 14.6 Å². The van der Waals surface area contributed by atoms with Gasteiger partial charge in [-0.15, -0.1) is 0 Å². The number of aromatic nitrogens is 4. The summed E-state index contributed by atoms with van der Waals surface area (Å²) in [5.74, 6) is -2.01. The molecule has 0 saturated carbocycles. The minimum absolute atomic E-state index is 0.0445. The Morgan fingerprint density at radius 3 is 1.64 bits per heavy atom. The van der Waals surface area contributed by atoms with Crippen molar-refractivity contribution in [1.82, 2.24) is 18.7 Å². The molecule has 3 aromatic carbocycles. The van der Waals surface area contributed by atoms with Crippen LogP contribution in [0.25, 0.3) is 16.9 Å². The molecule has 2 heterocycles. The summed E-state index contributed by atoms with van der Waals surface area (Å²) < 4.78 is 14.3. The Kier molecular flexibility index (Phi) is 8.24. The van der Waals surface area contributed by atoms with Gasteiger partial charge in [0, 0.05) is 6.08 Å². The summed E-state index contributed by atoms with van der Waals surface area (Å²) in [6.45, 7) is 0.354. The minimum Gasteiger partial charge on any atom is -0.493 e. The van der Waals surface area contributed by atoms with Gasteiger partial charge >= 0.3 is 11.7 Å². The van der Waals surface area contributed by atoms with Crippen molar-refractivity contribution in [3.05, 3.63) is 140 Å². The van der Waals surface area contributed by atoms with E-state index < -0.39 is 23.0 Å². The molecule has 0 unspecified atom stereocenters. The second-order valence-corrected chi connectivity index (χ2v) is 9.48. The number of imidazole rings is 1. The third kappa shape index (κ3) is 5.68. The van der Waals surface area contributed by atoms with E-state index in [2.05, 4.69) is 4.74 Å². The number of nitrogens with zero attached hydrogens (tertiary/aromatic N) is 4. The number of esters is 1. The van der Waals surface area contributed by atoms with E-state index in [-0.39, 0.29) is 42.4 Å². The normalized spacial score (nSPS) is 11.4. The molecule has 0 amide bonds. The van der Waals surface area contributed by atoms with Crippen LogP contribution in [0.2, 0.25) is 0 Å². The number of carbonyl (C=O) groups excluding carboxylic acids is 2. The Morgan fingerprint density at radius 2 is 1.17 bits per heavy atom. The first kappa shape index (κ1) is 28.0. The highest BCUT2D eigenvalue weighted by Gasteiger charge is 2.25. The zero-order valence-corrected chi connectivity index (χ0v) is 23.1. The van der Waals surface area contributed by atoms with Gasteiger partial charge in [0.1, 0.15) is 0 Å². The van der Waals surface area contributed by atoms with Crippen LogP contribution in [-0.2, 0) is 38.7 Å². The van der Waals surface area contributed by atoms with Gasteiger partial charge in [-0.2, -0.15) is 0 Å². The largest absolute Gasteiger partial charge is 0.493 e. The van der Waals surface area contributed by atoms with Crippen molar-refractivity contribution in [1.29, 1.82) is 0 Å². The lowest BCUT2D eigenvalue weighted by Gasteiger charge is -2.14. The van der Waals surface area contributed by atoms with Gasteiger partial charge in [-0.05, 0) is 16.7 Å². The van der Waals surface area contributed by atoms with Crippen LogP contribution in [0, 0.1) is 0 Å². The fourth-order valence-corrected chi connectivity index (χ4v) is 4.71. The van der Waals surface area contributed by atoms with Crippen molar-refractivity contribution >= 4 is 28.7 Å². The molecule has 0 spiro atoms. The quantitative estimate of drug-likeness (QED) is 0.111. The number of rotatable bonds is 10. The average Bonchev–Trinajstić information content (AvgIpc) is 3.39. The van der Waals surface area contributed by atoms with Crippen LogP contribution in [0.4, 0.5) is 0 Å². The predicted molar refractivity (Wildman–Crippen MR) is 157 cm³/mol. The second kappa shape index (κ2) is 12.3. The summed E-state index contributed by atoms with van der Waals surface area (Å²) in [6.07, 6.45) is 0.969. The molecule has 212 valence electrons. The molecule has 10 heteroatoms. The van der Waals surface area contributed by atoms with Crippen molar-refractivity contribution in [2.24, 2.45) is 0 Å². The summed E-state index contributed by atoms with van der Waals surface area (Å²) in [4.78, 5) is 57.2. The SMILES string of the molecule is COC(=O)C(=O)/C=C(\OC)c1nc2c(c(=O)n(Cc3ccccc3)c(=O)n2Cc2ccccc2)n1Cc1ccccc1. The van der Waals surface area contributed by atoms with Gasteiger partial charge in [0.2, 0.25) is 0 Å². The molecule has 10 nitrogen and oxygen atoms in total. The number of hydrogen-bond donors (Lipinski definition) is 0. The maximum Gasteiger partial charge on any atom is 0.378 e. The summed E-state index contributed by atoms with van der Waals surface area (Å²) in [5, 5.41) is 0. The summed E-state index contributed by atoms with van der Waals surface area (Å²) in [7, 11) is 2.43. The molecule has 5 rings (SSSR count). The van der Waals surface area contributed by atoms with Crippen molar-refractivity contribution in [3.8, 4) is 0 Å². The van der Waals surface area contributed by atoms with Gasteiger partial charge in [0.05, 0.1) is 33.9 Å². The van der Waals surface area contributed by atoms with Crippen molar-refractivity contribution in [2.45, 2.75) is 19.6 Å². The molecule has 0 atom stereocenters. The van der Waals surface area contributed by atoms with E-state index in [1.807, 2.05) is 91.0 Å². The third-order valence-electron chi connectivity index (χ3n) is 6.75. The zero-order valence-electron chi connectivity index (χ0n) is 23.1. The second-order valence-electron chi connectivity index (χ2n) is 9.48. The van der Waals surface area contributed by atoms with Crippen LogP contribution in [-0.4, -0.2) is 44.7 Å². The van der Waals surface area contributed by atoms with Gasteiger partial charge in [-0.1, -0.05) is 91.0 Å². The van der Waals surface area contributed by atoms with Crippen LogP contribution >= 0.6 is 0 Å². The Labute approximate surface area is 240 Å². The van der Waals surface area contributed by atoms with Crippen LogP contribution in [0.5, 0.6) is 0 Å². The first-order chi connectivity index (χ1) is 20.4. The Morgan fingerprint density at radius 1 is 0.690 bits per heavy atom. The third-order valence-corrected chi connectivity index (χ3v) is 6.75. The average molecular weight is 565 g/mol. The number of hydrogen-bond acceptors (Lipinski definition) is 7. The lowest BCUT2D eigenvalue weighted by molar-refractivity contribution is -0.149. The van der Waals surface area contributed by atoms with E-state index in [9.17, 15) is 19.2 Å². The highest BCUT2D eigenvalue weighted by Crippen LogP contribution is 2.22. The standard InChI is InChI=1S/C32H28N4O6/c1-41-26(18-25(37)31(39)42-2)28-33-29-27(34(28)19-22-12-6-3-7-13-22)30(38)36(21-24-16-10-5-11-17-24)32(40)35(29)20-23-14-8-4-9-15-23/h3-18H,19-21H2,1-2H3/b26-18-.